The fraction of sp³-hybridized carbons (Fsp3) is 0.250. The molecule has 0 fully saturated rings. The first-order valence-electron chi connectivity index (χ1n) is 4.94. The molecule has 0 aliphatic carbocycles. The molecule has 0 aliphatic rings. The van der Waals surface area contributed by atoms with Gasteiger partial charge in [0.2, 0.25) is 0 Å². The van der Waals surface area contributed by atoms with Crippen molar-refractivity contribution in [2.24, 2.45) is 0 Å². The second-order valence-electron chi connectivity index (χ2n) is 3.64. The summed E-state index contributed by atoms with van der Waals surface area (Å²) in [7, 11) is 0. The second kappa shape index (κ2) is 4.17. The lowest BCUT2D eigenvalue weighted by molar-refractivity contribution is 0.892. The molecule has 0 spiro atoms. The molecule has 2 aromatic rings. The first kappa shape index (κ1) is 9.77. The zero-order valence-corrected chi connectivity index (χ0v) is 8.94. The zero-order valence-electron chi connectivity index (χ0n) is 8.94. The molecule has 0 amide bonds. The lowest BCUT2D eigenvalue weighted by atomic mass is 10.1. The SMILES string of the molecule is Cc1cc(Cc2ccncc2)nnc1C. The Bertz CT molecular complexity index is 452. The summed E-state index contributed by atoms with van der Waals surface area (Å²) in [6.45, 7) is 4.03. The van der Waals surface area contributed by atoms with E-state index in [9.17, 15) is 0 Å². The third-order valence-electron chi connectivity index (χ3n) is 2.42. The van der Waals surface area contributed by atoms with E-state index < -0.39 is 0 Å². The molecule has 0 saturated carbocycles. The van der Waals surface area contributed by atoms with Crippen molar-refractivity contribution in [2.45, 2.75) is 20.3 Å². The van der Waals surface area contributed by atoms with Gasteiger partial charge < -0.3 is 0 Å². The van der Waals surface area contributed by atoms with Gasteiger partial charge in [0.25, 0.3) is 0 Å². The highest BCUT2D eigenvalue weighted by Crippen LogP contribution is 2.08. The molecule has 2 heterocycles. The van der Waals surface area contributed by atoms with Gasteiger partial charge >= 0.3 is 0 Å². The minimum Gasteiger partial charge on any atom is -0.265 e. The van der Waals surface area contributed by atoms with Crippen LogP contribution < -0.4 is 0 Å². The monoisotopic (exact) mass is 199 g/mol. The lowest BCUT2D eigenvalue weighted by Gasteiger charge is -2.02. The predicted molar refractivity (Wildman–Crippen MR) is 58.5 cm³/mol. The Morgan fingerprint density at radius 1 is 1.07 bits per heavy atom. The molecule has 2 aromatic heterocycles. The molecule has 0 bridgehead atoms. The van der Waals surface area contributed by atoms with Gasteiger partial charge in [0, 0.05) is 18.8 Å². The topological polar surface area (TPSA) is 38.7 Å². The Morgan fingerprint density at radius 2 is 1.80 bits per heavy atom. The van der Waals surface area contributed by atoms with E-state index >= 15 is 0 Å². The van der Waals surface area contributed by atoms with Crippen LogP contribution in [0, 0.1) is 13.8 Å². The van der Waals surface area contributed by atoms with E-state index in [1.807, 2.05) is 19.1 Å². The van der Waals surface area contributed by atoms with E-state index in [0.717, 1.165) is 17.8 Å². The fourth-order valence-electron chi connectivity index (χ4n) is 1.40. The number of hydrogen-bond donors (Lipinski definition) is 0. The summed E-state index contributed by atoms with van der Waals surface area (Å²) >= 11 is 0. The third kappa shape index (κ3) is 2.37. The first-order chi connectivity index (χ1) is 7.25. The Labute approximate surface area is 89.2 Å². The van der Waals surface area contributed by atoms with E-state index in [1.54, 1.807) is 12.4 Å². The van der Waals surface area contributed by atoms with Crippen LogP contribution in [0.4, 0.5) is 0 Å². The van der Waals surface area contributed by atoms with Crippen molar-refractivity contribution in [3.63, 3.8) is 0 Å². The molecule has 0 unspecified atom stereocenters. The molecule has 0 N–H and O–H groups in total. The van der Waals surface area contributed by atoms with Gasteiger partial charge in [-0.1, -0.05) is 0 Å². The maximum absolute atomic E-state index is 4.16. The summed E-state index contributed by atoms with van der Waals surface area (Å²) in [4.78, 5) is 3.98. The molecule has 0 radical (unpaired) electrons. The van der Waals surface area contributed by atoms with Gasteiger partial charge in [0.15, 0.2) is 0 Å². The Hall–Kier alpha value is -1.77. The molecule has 0 atom stereocenters. The maximum atomic E-state index is 4.16. The summed E-state index contributed by atoms with van der Waals surface area (Å²) in [5.74, 6) is 0. The molecule has 0 saturated heterocycles. The van der Waals surface area contributed by atoms with Crippen molar-refractivity contribution >= 4 is 0 Å². The average molecular weight is 199 g/mol. The second-order valence-corrected chi connectivity index (χ2v) is 3.64. The highest BCUT2D eigenvalue weighted by molar-refractivity contribution is 5.23. The molecule has 3 nitrogen and oxygen atoms in total. The number of rotatable bonds is 2. The third-order valence-corrected chi connectivity index (χ3v) is 2.42. The molecule has 76 valence electrons. The Balaban J connectivity index is 2.22. The Kier molecular flexibility index (Phi) is 2.72. The van der Waals surface area contributed by atoms with Crippen molar-refractivity contribution in [1.82, 2.24) is 15.2 Å². The summed E-state index contributed by atoms with van der Waals surface area (Å²) in [5, 5.41) is 8.27. The van der Waals surface area contributed by atoms with Crippen LogP contribution >= 0.6 is 0 Å². The van der Waals surface area contributed by atoms with Crippen LogP contribution in [0.15, 0.2) is 30.6 Å². The fourth-order valence-corrected chi connectivity index (χ4v) is 1.40. The first-order valence-corrected chi connectivity index (χ1v) is 4.94. The molecular formula is C12H13N3. The minimum atomic E-state index is 0.816. The number of aryl methyl sites for hydroxylation is 2. The van der Waals surface area contributed by atoms with E-state index in [1.165, 1.54) is 11.1 Å². The number of aromatic nitrogens is 3. The van der Waals surface area contributed by atoms with Gasteiger partial charge in [-0.3, -0.25) is 4.98 Å². The Morgan fingerprint density at radius 3 is 2.47 bits per heavy atom. The molecule has 0 aromatic carbocycles. The molecule has 2 rings (SSSR count). The van der Waals surface area contributed by atoms with Gasteiger partial charge in [0.05, 0.1) is 11.4 Å². The maximum Gasteiger partial charge on any atom is 0.0677 e. The van der Waals surface area contributed by atoms with Crippen molar-refractivity contribution in [2.75, 3.05) is 0 Å². The normalized spacial score (nSPS) is 10.3. The van der Waals surface area contributed by atoms with Crippen LogP contribution in [0.3, 0.4) is 0 Å². The van der Waals surface area contributed by atoms with Crippen LogP contribution in [0.2, 0.25) is 0 Å². The van der Waals surface area contributed by atoms with Crippen LogP contribution in [0.25, 0.3) is 0 Å². The highest BCUT2D eigenvalue weighted by atomic mass is 15.1. The lowest BCUT2D eigenvalue weighted by Crippen LogP contribution is -1.98. The van der Waals surface area contributed by atoms with Crippen LogP contribution in [-0.2, 0) is 6.42 Å². The van der Waals surface area contributed by atoms with Crippen LogP contribution in [-0.4, -0.2) is 15.2 Å². The molecule has 3 heteroatoms. The summed E-state index contributed by atoms with van der Waals surface area (Å²) in [6.07, 6.45) is 4.41. The van der Waals surface area contributed by atoms with Gasteiger partial charge in [-0.2, -0.15) is 10.2 Å². The van der Waals surface area contributed by atoms with Gasteiger partial charge in [0.1, 0.15) is 0 Å². The summed E-state index contributed by atoms with van der Waals surface area (Å²) < 4.78 is 0. The standard InChI is InChI=1S/C12H13N3/c1-9-7-12(15-14-10(9)2)8-11-3-5-13-6-4-11/h3-7H,8H2,1-2H3. The van der Waals surface area contributed by atoms with Crippen LogP contribution in [0.5, 0.6) is 0 Å². The van der Waals surface area contributed by atoms with E-state index in [2.05, 4.69) is 28.2 Å². The quantitative estimate of drug-likeness (QED) is 0.743. The molecule has 0 aliphatic heterocycles. The van der Waals surface area contributed by atoms with Gasteiger partial charge in [-0.15, -0.1) is 0 Å². The number of hydrogen-bond acceptors (Lipinski definition) is 3. The van der Waals surface area contributed by atoms with E-state index in [0.29, 0.717) is 0 Å². The largest absolute Gasteiger partial charge is 0.265 e. The summed E-state index contributed by atoms with van der Waals surface area (Å²) in [6, 6.07) is 6.08. The van der Waals surface area contributed by atoms with Crippen molar-refractivity contribution in [1.29, 1.82) is 0 Å². The van der Waals surface area contributed by atoms with Gasteiger partial charge in [-0.25, -0.2) is 0 Å². The highest BCUT2D eigenvalue weighted by Gasteiger charge is 2.00. The van der Waals surface area contributed by atoms with Crippen molar-refractivity contribution in [3.8, 4) is 0 Å². The average Bonchev–Trinajstić information content (AvgIpc) is 2.25. The minimum absolute atomic E-state index is 0.816. The smallest absolute Gasteiger partial charge is 0.0677 e. The number of pyridine rings is 1. The molecule has 15 heavy (non-hydrogen) atoms. The molecular weight excluding hydrogens is 186 g/mol. The van der Waals surface area contributed by atoms with Crippen molar-refractivity contribution < 1.29 is 0 Å². The van der Waals surface area contributed by atoms with Crippen molar-refractivity contribution in [3.05, 3.63) is 53.1 Å². The number of nitrogens with zero attached hydrogens (tertiary/aromatic N) is 3. The predicted octanol–water partition coefficient (Wildman–Crippen LogP) is 2.08. The van der Waals surface area contributed by atoms with Gasteiger partial charge in [-0.05, 0) is 43.2 Å². The van der Waals surface area contributed by atoms with Crippen LogP contribution in [0.1, 0.15) is 22.5 Å². The van der Waals surface area contributed by atoms with E-state index in [4.69, 9.17) is 0 Å². The zero-order chi connectivity index (χ0) is 10.7. The van der Waals surface area contributed by atoms with E-state index in [-0.39, 0.29) is 0 Å². The summed E-state index contributed by atoms with van der Waals surface area (Å²) in [5.41, 5.74) is 4.40.